The first-order chi connectivity index (χ1) is 13.7. The van der Waals surface area contributed by atoms with Crippen LogP contribution in [0, 0.1) is 0 Å². The third kappa shape index (κ3) is 4.84. The van der Waals surface area contributed by atoms with Crippen LogP contribution in [0.1, 0.15) is 53.5 Å². The number of carbonyl (C=O) groups excluding carboxylic acids is 1. The van der Waals surface area contributed by atoms with Crippen molar-refractivity contribution in [3.63, 3.8) is 0 Å². The summed E-state index contributed by atoms with van der Waals surface area (Å²) in [6.45, 7) is 4.19. The monoisotopic (exact) mass is 409 g/mol. The summed E-state index contributed by atoms with van der Waals surface area (Å²) in [6.07, 6.45) is -2.91. The van der Waals surface area contributed by atoms with Crippen LogP contribution in [0.15, 0.2) is 35.3 Å². The number of carbonyl (C=O) groups is 1. The number of hydrogen-bond acceptors (Lipinski definition) is 4. The molecule has 6 nitrogen and oxygen atoms in total. The summed E-state index contributed by atoms with van der Waals surface area (Å²) in [4.78, 5) is 33.0. The summed E-state index contributed by atoms with van der Waals surface area (Å²) in [7, 11) is 0. The molecule has 2 heterocycles. The van der Waals surface area contributed by atoms with Crippen molar-refractivity contribution in [1.82, 2.24) is 14.9 Å². The molecule has 1 unspecified atom stereocenters. The maximum Gasteiger partial charge on any atom is 0.416 e. The predicted octanol–water partition coefficient (Wildman–Crippen LogP) is 3.34. The SMILES string of the molecule is CC(C)OCc1ncc(C(=O)N2CCC(c3ccccc3C(F)(F)F)C2)c(=O)[nH]1. The zero-order chi connectivity index (χ0) is 21.2. The lowest BCUT2D eigenvalue weighted by atomic mass is 9.93. The highest BCUT2D eigenvalue weighted by Gasteiger charge is 2.37. The maximum atomic E-state index is 13.3. The van der Waals surface area contributed by atoms with E-state index in [1.807, 2.05) is 13.8 Å². The molecule has 156 valence electrons. The Kier molecular flexibility index (Phi) is 6.07. The summed E-state index contributed by atoms with van der Waals surface area (Å²) in [5.74, 6) is -0.678. The normalized spacial score (nSPS) is 17.2. The first-order valence-electron chi connectivity index (χ1n) is 9.32. The van der Waals surface area contributed by atoms with E-state index in [1.165, 1.54) is 23.2 Å². The van der Waals surface area contributed by atoms with Crippen LogP contribution in [-0.2, 0) is 17.5 Å². The number of aromatic amines is 1. The number of halogens is 3. The Morgan fingerprint density at radius 2 is 2.07 bits per heavy atom. The number of nitrogens with zero attached hydrogens (tertiary/aromatic N) is 2. The summed E-state index contributed by atoms with van der Waals surface area (Å²) < 4.78 is 45.2. The Labute approximate surface area is 165 Å². The third-order valence-corrected chi connectivity index (χ3v) is 4.82. The van der Waals surface area contributed by atoms with Gasteiger partial charge in [-0.1, -0.05) is 18.2 Å². The number of alkyl halides is 3. The van der Waals surface area contributed by atoms with Crippen molar-refractivity contribution >= 4 is 5.91 Å². The highest BCUT2D eigenvalue weighted by atomic mass is 19.4. The molecular formula is C20H22F3N3O3. The van der Waals surface area contributed by atoms with E-state index in [0.717, 1.165) is 6.07 Å². The third-order valence-electron chi connectivity index (χ3n) is 4.82. The van der Waals surface area contributed by atoms with Crippen molar-refractivity contribution in [3.05, 3.63) is 63.3 Å². The van der Waals surface area contributed by atoms with Gasteiger partial charge in [-0.3, -0.25) is 9.59 Å². The van der Waals surface area contributed by atoms with Gasteiger partial charge in [0, 0.05) is 25.2 Å². The lowest BCUT2D eigenvalue weighted by Gasteiger charge is -2.19. The van der Waals surface area contributed by atoms with Crippen LogP contribution in [0.5, 0.6) is 0 Å². The molecule has 1 aliphatic rings. The zero-order valence-corrected chi connectivity index (χ0v) is 16.1. The van der Waals surface area contributed by atoms with Crippen LogP contribution < -0.4 is 5.56 Å². The van der Waals surface area contributed by atoms with E-state index in [1.54, 1.807) is 6.07 Å². The molecule has 0 saturated carbocycles. The fourth-order valence-corrected chi connectivity index (χ4v) is 3.38. The van der Waals surface area contributed by atoms with E-state index in [2.05, 4.69) is 9.97 Å². The molecule has 1 amide bonds. The lowest BCUT2D eigenvalue weighted by molar-refractivity contribution is -0.138. The molecule has 1 fully saturated rings. The second kappa shape index (κ2) is 8.36. The Bertz CT molecular complexity index is 940. The molecule has 0 bridgehead atoms. The molecule has 1 aromatic carbocycles. The van der Waals surface area contributed by atoms with Crippen LogP contribution in [0.2, 0.25) is 0 Å². The number of amides is 1. The zero-order valence-electron chi connectivity index (χ0n) is 16.1. The second-order valence-electron chi connectivity index (χ2n) is 7.25. The highest BCUT2D eigenvalue weighted by Crippen LogP contribution is 2.38. The first-order valence-corrected chi connectivity index (χ1v) is 9.32. The molecule has 29 heavy (non-hydrogen) atoms. The van der Waals surface area contributed by atoms with Crippen molar-refractivity contribution in [2.75, 3.05) is 13.1 Å². The van der Waals surface area contributed by atoms with Gasteiger partial charge in [0.1, 0.15) is 18.0 Å². The molecule has 0 aliphatic carbocycles. The van der Waals surface area contributed by atoms with Gasteiger partial charge in [-0.05, 0) is 31.9 Å². The van der Waals surface area contributed by atoms with Gasteiger partial charge in [0.15, 0.2) is 0 Å². The van der Waals surface area contributed by atoms with E-state index in [4.69, 9.17) is 4.74 Å². The smallest absolute Gasteiger partial charge is 0.371 e. The minimum atomic E-state index is -4.46. The van der Waals surface area contributed by atoms with Gasteiger partial charge in [-0.15, -0.1) is 0 Å². The van der Waals surface area contributed by atoms with Crippen LogP contribution in [0.3, 0.4) is 0 Å². The molecule has 0 radical (unpaired) electrons. The standard InChI is InChI=1S/C20H22F3N3O3/c1-12(2)29-11-17-24-9-15(18(27)25-17)19(28)26-8-7-13(10-26)14-5-3-4-6-16(14)20(21,22)23/h3-6,9,12-13H,7-8,10-11H2,1-2H3,(H,24,25,27). The number of H-pyrrole nitrogens is 1. The summed E-state index contributed by atoms with van der Waals surface area (Å²) in [5, 5.41) is 0. The number of ether oxygens (including phenoxy) is 1. The van der Waals surface area contributed by atoms with E-state index in [-0.39, 0.29) is 36.9 Å². The number of hydrogen-bond donors (Lipinski definition) is 1. The summed E-state index contributed by atoms with van der Waals surface area (Å²) >= 11 is 0. The molecular weight excluding hydrogens is 387 g/mol. The van der Waals surface area contributed by atoms with Gasteiger partial charge in [-0.2, -0.15) is 13.2 Å². The van der Waals surface area contributed by atoms with Crippen molar-refractivity contribution in [3.8, 4) is 0 Å². The molecule has 2 aromatic rings. The molecule has 1 aliphatic heterocycles. The molecule has 9 heteroatoms. The summed E-state index contributed by atoms with van der Waals surface area (Å²) in [5.41, 5.74) is -1.24. The Balaban J connectivity index is 1.74. The minimum Gasteiger partial charge on any atom is -0.371 e. The van der Waals surface area contributed by atoms with E-state index < -0.39 is 29.1 Å². The van der Waals surface area contributed by atoms with Gasteiger partial charge in [0.05, 0.1) is 11.7 Å². The fourth-order valence-electron chi connectivity index (χ4n) is 3.38. The van der Waals surface area contributed by atoms with Gasteiger partial charge in [0.25, 0.3) is 11.5 Å². The molecule has 1 aromatic heterocycles. The van der Waals surface area contributed by atoms with Crippen LogP contribution >= 0.6 is 0 Å². The van der Waals surface area contributed by atoms with E-state index in [9.17, 15) is 22.8 Å². The van der Waals surface area contributed by atoms with Crippen LogP contribution in [0.25, 0.3) is 0 Å². The fraction of sp³-hybridized carbons (Fsp3) is 0.450. The molecule has 1 N–H and O–H groups in total. The van der Waals surface area contributed by atoms with Gasteiger partial charge in [0.2, 0.25) is 0 Å². The maximum absolute atomic E-state index is 13.3. The number of aromatic nitrogens is 2. The predicted molar refractivity (Wildman–Crippen MR) is 99.5 cm³/mol. The number of nitrogens with one attached hydrogen (secondary N) is 1. The van der Waals surface area contributed by atoms with Gasteiger partial charge < -0.3 is 14.6 Å². The largest absolute Gasteiger partial charge is 0.416 e. The molecule has 1 atom stereocenters. The van der Waals surface area contributed by atoms with Crippen molar-refractivity contribution in [2.24, 2.45) is 0 Å². The Hall–Kier alpha value is -2.68. The van der Waals surface area contributed by atoms with Gasteiger partial charge >= 0.3 is 6.18 Å². The Morgan fingerprint density at radius 1 is 1.34 bits per heavy atom. The quantitative estimate of drug-likeness (QED) is 0.822. The van der Waals surface area contributed by atoms with E-state index >= 15 is 0 Å². The second-order valence-corrected chi connectivity index (χ2v) is 7.25. The van der Waals surface area contributed by atoms with Crippen molar-refractivity contribution in [2.45, 2.75) is 45.1 Å². The van der Waals surface area contributed by atoms with Crippen molar-refractivity contribution < 1.29 is 22.7 Å². The molecule has 0 spiro atoms. The Morgan fingerprint density at radius 3 is 2.72 bits per heavy atom. The van der Waals surface area contributed by atoms with Crippen molar-refractivity contribution in [1.29, 1.82) is 0 Å². The summed E-state index contributed by atoms with van der Waals surface area (Å²) in [6, 6.07) is 5.40. The topological polar surface area (TPSA) is 75.3 Å². The molecule has 1 saturated heterocycles. The average molecular weight is 409 g/mol. The lowest BCUT2D eigenvalue weighted by Crippen LogP contribution is -2.33. The van der Waals surface area contributed by atoms with Crippen LogP contribution in [0.4, 0.5) is 13.2 Å². The van der Waals surface area contributed by atoms with Gasteiger partial charge in [-0.25, -0.2) is 4.98 Å². The number of likely N-dealkylation sites (tertiary alicyclic amines) is 1. The van der Waals surface area contributed by atoms with E-state index in [0.29, 0.717) is 12.2 Å². The highest BCUT2D eigenvalue weighted by molar-refractivity contribution is 5.93. The average Bonchev–Trinajstić information content (AvgIpc) is 3.15. The number of benzene rings is 1. The first kappa shape index (κ1) is 21.0. The van der Waals surface area contributed by atoms with Crippen LogP contribution in [-0.4, -0.2) is 40.0 Å². The molecule has 3 rings (SSSR count). The minimum absolute atomic E-state index is 0.0391. The number of rotatable bonds is 5.